The fourth-order valence-corrected chi connectivity index (χ4v) is 3.80. The summed E-state index contributed by atoms with van der Waals surface area (Å²) in [6.45, 7) is 5.26. The highest BCUT2D eigenvalue weighted by Crippen LogP contribution is 2.55. The van der Waals surface area contributed by atoms with Crippen molar-refractivity contribution in [2.75, 3.05) is 13.7 Å². The number of carbonyl (C=O) groups is 1. The number of amides is 1. The molecule has 1 saturated carbocycles. The van der Waals surface area contributed by atoms with Gasteiger partial charge in [-0.25, -0.2) is 4.98 Å². The van der Waals surface area contributed by atoms with Crippen LogP contribution in [0.2, 0.25) is 0 Å². The average molecular weight is 275 g/mol. The Kier molecular flexibility index (Phi) is 3.15. The van der Waals surface area contributed by atoms with Crippen LogP contribution >= 0.6 is 0 Å². The number of hydrogen-bond donors (Lipinski definition) is 0. The normalized spacial score (nSPS) is 23.4. The smallest absolute Gasteiger partial charge is 0.274 e. The molecule has 1 unspecified atom stereocenters. The molecule has 1 amide bonds. The molecule has 5 heteroatoms. The predicted molar refractivity (Wildman–Crippen MR) is 74.5 cm³/mol. The summed E-state index contributed by atoms with van der Waals surface area (Å²) in [5.74, 6) is 0.843. The van der Waals surface area contributed by atoms with Crippen LogP contribution in [0.25, 0.3) is 0 Å². The van der Waals surface area contributed by atoms with Gasteiger partial charge < -0.3 is 9.64 Å². The van der Waals surface area contributed by atoms with Gasteiger partial charge in [-0.05, 0) is 18.8 Å². The highest BCUT2D eigenvalue weighted by atomic mass is 16.5. The second-order valence-electron chi connectivity index (χ2n) is 6.28. The fraction of sp³-hybridized carbons (Fsp3) is 0.667. The molecule has 2 heterocycles. The lowest BCUT2D eigenvalue weighted by Gasteiger charge is -2.64. The second kappa shape index (κ2) is 4.72. The first kappa shape index (κ1) is 13.3. The number of aromatic nitrogens is 2. The van der Waals surface area contributed by atoms with Crippen LogP contribution < -0.4 is 4.74 Å². The summed E-state index contributed by atoms with van der Waals surface area (Å²) in [4.78, 5) is 22.8. The third-order valence-corrected chi connectivity index (χ3v) is 4.73. The molecule has 1 aromatic rings. The number of methoxy groups -OCH3 is 1. The largest absolute Gasteiger partial charge is 0.480 e. The van der Waals surface area contributed by atoms with Gasteiger partial charge in [0.2, 0.25) is 5.88 Å². The Bertz CT molecular complexity index is 526. The van der Waals surface area contributed by atoms with Crippen molar-refractivity contribution < 1.29 is 9.53 Å². The van der Waals surface area contributed by atoms with Gasteiger partial charge in [-0.15, -0.1) is 0 Å². The van der Waals surface area contributed by atoms with Crippen molar-refractivity contribution in [3.8, 4) is 5.88 Å². The van der Waals surface area contributed by atoms with Crippen molar-refractivity contribution in [3.63, 3.8) is 0 Å². The summed E-state index contributed by atoms with van der Waals surface area (Å²) in [6.07, 6.45) is 6.84. The topological polar surface area (TPSA) is 55.3 Å². The van der Waals surface area contributed by atoms with E-state index in [1.165, 1.54) is 38.8 Å². The van der Waals surface area contributed by atoms with Crippen molar-refractivity contribution >= 4 is 5.91 Å². The van der Waals surface area contributed by atoms with Gasteiger partial charge in [0.1, 0.15) is 0 Å². The Morgan fingerprint density at radius 1 is 1.45 bits per heavy atom. The second-order valence-corrected chi connectivity index (χ2v) is 6.28. The number of carbonyl (C=O) groups excluding carboxylic acids is 1. The maximum atomic E-state index is 12.6. The van der Waals surface area contributed by atoms with E-state index in [0.29, 0.717) is 28.9 Å². The molecule has 0 radical (unpaired) electrons. The first-order valence-corrected chi connectivity index (χ1v) is 7.24. The van der Waals surface area contributed by atoms with Crippen LogP contribution in [0.3, 0.4) is 0 Å². The number of nitrogens with zero attached hydrogens (tertiary/aromatic N) is 3. The van der Waals surface area contributed by atoms with E-state index in [1.807, 2.05) is 4.90 Å². The maximum Gasteiger partial charge on any atom is 0.274 e. The molecule has 2 aliphatic rings. The molecule has 108 valence electrons. The summed E-state index contributed by atoms with van der Waals surface area (Å²) in [7, 11) is 1.53. The zero-order chi connectivity index (χ0) is 14.3. The van der Waals surface area contributed by atoms with Crippen LogP contribution in [0.5, 0.6) is 5.88 Å². The fourth-order valence-electron chi connectivity index (χ4n) is 3.80. The molecule has 1 spiro atoms. The minimum atomic E-state index is -0.0207. The van der Waals surface area contributed by atoms with Gasteiger partial charge in [0.05, 0.1) is 19.5 Å². The standard InChI is InChI=1S/C15H21N3O2/c1-10(2)13-15(5-4-6-15)9-18(13)14(19)11-7-16-8-12(17-11)20-3/h7-8,10,13H,4-6,9H2,1-3H3. The molecule has 20 heavy (non-hydrogen) atoms. The van der Waals surface area contributed by atoms with Gasteiger partial charge >= 0.3 is 0 Å². The molecular weight excluding hydrogens is 254 g/mol. The van der Waals surface area contributed by atoms with Crippen molar-refractivity contribution in [1.29, 1.82) is 0 Å². The Labute approximate surface area is 119 Å². The van der Waals surface area contributed by atoms with E-state index in [-0.39, 0.29) is 5.91 Å². The van der Waals surface area contributed by atoms with E-state index < -0.39 is 0 Å². The van der Waals surface area contributed by atoms with E-state index in [4.69, 9.17) is 4.74 Å². The Balaban J connectivity index is 1.80. The third-order valence-electron chi connectivity index (χ3n) is 4.73. The lowest BCUT2D eigenvalue weighted by atomic mass is 9.55. The lowest BCUT2D eigenvalue weighted by Crippen LogP contribution is -2.70. The Morgan fingerprint density at radius 3 is 2.75 bits per heavy atom. The minimum Gasteiger partial charge on any atom is -0.480 e. The molecule has 5 nitrogen and oxygen atoms in total. The van der Waals surface area contributed by atoms with Gasteiger partial charge in [-0.2, -0.15) is 0 Å². The van der Waals surface area contributed by atoms with Crippen LogP contribution in [-0.2, 0) is 0 Å². The summed E-state index contributed by atoms with van der Waals surface area (Å²) in [6, 6.07) is 0.344. The monoisotopic (exact) mass is 275 g/mol. The molecule has 1 aliphatic heterocycles. The molecule has 1 aromatic heterocycles. The molecule has 0 bridgehead atoms. The Hall–Kier alpha value is -1.65. The van der Waals surface area contributed by atoms with Crippen molar-refractivity contribution in [2.45, 2.75) is 39.2 Å². The van der Waals surface area contributed by atoms with Crippen LogP contribution in [0, 0.1) is 11.3 Å². The van der Waals surface area contributed by atoms with Gasteiger partial charge in [-0.1, -0.05) is 20.3 Å². The maximum absolute atomic E-state index is 12.6. The number of rotatable bonds is 3. The zero-order valence-corrected chi connectivity index (χ0v) is 12.3. The molecule has 2 fully saturated rings. The zero-order valence-electron chi connectivity index (χ0n) is 12.3. The highest BCUT2D eigenvalue weighted by Gasteiger charge is 2.58. The van der Waals surface area contributed by atoms with E-state index in [2.05, 4.69) is 23.8 Å². The molecule has 1 aliphatic carbocycles. The Morgan fingerprint density at radius 2 is 2.20 bits per heavy atom. The molecule has 1 atom stereocenters. The number of likely N-dealkylation sites (tertiary alicyclic amines) is 1. The molecule has 3 rings (SSSR count). The summed E-state index contributed by atoms with van der Waals surface area (Å²) < 4.78 is 5.04. The van der Waals surface area contributed by atoms with Crippen LogP contribution in [0.15, 0.2) is 12.4 Å². The first-order chi connectivity index (χ1) is 9.57. The van der Waals surface area contributed by atoms with E-state index in [9.17, 15) is 4.79 Å². The van der Waals surface area contributed by atoms with Gasteiger partial charge in [-0.3, -0.25) is 9.78 Å². The quantitative estimate of drug-likeness (QED) is 0.848. The average Bonchev–Trinajstić information content (AvgIpc) is 2.35. The predicted octanol–water partition coefficient (Wildman–Crippen LogP) is 2.14. The van der Waals surface area contributed by atoms with Crippen LogP contribution in [0.4, 0.5) is 0 Å². The van der Waals surface area contributed by atoms with E-state index in [1.54, 1.807) is 0 Å². The van der Waals surface area contributed by atoms with Crippen molar-refractivity contribution in [2.24, 2.45) is 11.3 Å². The van der Waals surface area contributed by atoms with Crippen LogP contribution in [0.1, 0.15) is 43.6 Å². The lowest BCUT2D eigenvalue weighted by molar-refractivity contribution is -0.121. The number of ether oxygens (including phenoxy) is 1. The van der Waals surface area contributed by atoms with E-state index in [0.717, 1.165) is 6.54 Å². The summed E-state index contributed by atoms with van der Waals surface area (Å²) >= 11 is 0. The van der Waals surface area contributed by atoms with Crippen molar-refractivity contribution in [1.82, 2.24) is 14.9 Å². The van der Waals surface area contributed by atoms with Crippen molar-refractivity contribution in [3.05, 3.63) is 18.1 Å². The highest BCUT2D eigenvalue weighted by molar-refractivity contribution is 5.93. The van der Waals surface area contributed by atoms with Gasteiger partial charge in [0.25, 0.3) is 5.91 Å². The number of hydrogen-bond acceptors (Lipinski definition) is 4. The molecular formula is C15H21N3O2. The minimum absolute atomic E-state index is 0.0207. The van der Waals surface area contributed by atoms with Gasteiger partial charge in [0.15, 0.2) is 5.69 Å². The van der Waals surface area contributed by atoms with Crippen LogP contribution in [-0.4, -0.2) is 40.5 Å². The third kappa shape index (κ3) is 1.87. The molecule has 0 aromatic carbocycles. The first-order valence-electron chi connectivity index (χ1n) is 7.24. The SMILES string of the molecule is COc1cncc(C(=O)N2CC3(CCC3)C2C(C)C)n1. The molecule has 0 N–H and O–H groups in total. The summed E-state index contributed by atoms with van der Waals surface area (Å²) in [5, 5.41) is 0. The summed E-state index contributed by atoms with van der Waals surface area (Å²) in [5.41, 5.74) is 0.764. The molecule has 1 saturated heterocycles. The van der Waals surface area contributed by atoms with E-state index >= 15 is 0 Å². The van der Waals surface area contributed by atoms with Gasteiger partial charge in [0, 0.05) is 18.0 Å².